The molecule has 0 bridgehead atoms. The molecule has 9 heteroatoms. The zero-order chi connectivity index (χ0) is 18.7. The molecule has 2 aromatic heterocycles. The first-order chi connectivity index (χ1) is 12.5. The van der Waals surface area contributed by atoms with E-state index >= 15 is 0 Å². The number of nitrogens with zero attached hydrogens (tertiary/aromatic N) is 3. The summed E-state index contributed by atoms with van der Waals surface area (Å²) in [5.41, 5.74) is 1.21. The maximum atomic E-state index is 12.6. The summed E-state index contributed by atoms with van der Waals surface area (Å²) in [5, 5.41) is 13.2. The van der Waals surface area contributed by atoms with Gasteiger partial charge < -0.3 is 14.8 Å². The SMILES string of the molecule is COc1ccc(NC(=O)c2cnn(-c3ccc(=O)[nH]n3)c2C)cc1OC. The number of methoxy groups -OCH3 is 2. The lowest BCUT2D eigenvalue weighted by Crippen LogP contribution is -2.14. The largest absolute Gasteiger partial charge is 0.493 e. The quantitative estimate of drug-likeness (QED) is 0.718. The Labute approximate surface area is 148 Å². The van der Waals surface area contributed by atoms with Crippen LogP contribution in [0.2, 0.25) is 0 Å². The predicted molar refractivity (Wildman–Crippen MR) is 94.2 cm³/mol. The fourth-order valence-corrected chi connectivity index (χ4v) is 2.43. The number of H-pyrrole nitrogens is 1. The number of aromatic amines is 1. The molecular formula is C17H17N5O4. The molecule has 0 spiro atoms. The van der Waals surface area contributed by atoms with Crippen molar-refractivity contribution in [2.75, 3.05) is 19.5 Å². The van der Waals surface area contributed by atoms with Gasteiger partial charge in [-0.1, -0.05) is 0 Å². The Bertz CT molecular complexity index is 988. The number of aromatic nitrogens is 4. The van der Waals surface area contributed by atoms with Crippen molar-refractivity contribution in [3.8, 4) is 17.3 Å². The number of benzene rings is 1. The van der Waals surface area contributed by atoms with Crippen LogP contribution in [0.25, 0.3) is 5.82 Å². The van der Waals surface area contributed by atoms with E-state index in [1.165, 1.54) is 30.1 Å². The minimum absolute atomic E-state index is 0.315. The Morgan fingerprint density at radius 1 is 1.15 bits per heavy atom. The lowest BCUT2D eigenvalue weighted by Gasteiger charge is -2.10. The third-order valence-electron chi connectivity index (χ3n) is 3.78. The first-order valence-electron chi connectivity index (χ1n) is 7.67. The van der Waals surface area contributed by atoms with E-state index < -0.39 is 0 Å². The topological polar surface area (TPSA) is 111 Å². The fourth-order valence-electron chi connectivity index (χ4n) is 2.43. The van der Waals surface area contributed by atoms with Gasteiger partial charge in [0.1, 0.15) is 0 Å². The molecule has 0 aliphatic rings. The van der Waals surface area contributed by atoms with Gasteiger partial charge in [-0.25, -0.2) is 9.78 Å². The van der Waals surface area contributed by atoms with Crippen LogP contribution in [-0.2, 0) is 0 Å². The molecule has 2 N–H and O–H groups in total. The lowest BCUT2D eigenvalue weighted by atomic mass is 10.2. The van der Waals surface area contributed by atoms with Crippen molar-refractivity contribution in [2.45, 2.75) is 6.92 Å². The van der Waals surface area contributed by atoms with Crippen molar-refractivity contribution in [1.82, 2.24) is 20.0 Å². The third kappa shape index (κ3) is 3.27. The van der Waals surface area contributed by atoms with E-state index in [1.807, 2.05) is 0 Å². The van der Waals surface area contributed by atoms with Gasteiger partial charge in [0.05, 0.1) is 31.7 Å². The van der Waals surface area contributed by atoms with Crippen molar-refractivity contribution in [1.29, 1.82) is 0 Å². The van der Waals surface area contributed by atoms with Crippen LogP contribution in [0, 0.1) is 6.92 Å². The molecule has 0 saturated heterocycles. The maximum Gasteiger partial charge on any atom is 0.264 e. The van der Waals surface area contributed by atoms with E-state index in [1.54, 1.807) is 32.2 Å². The molecule has 0 fully saturated rings. The van der Waals surface area contributed by atoms with Gasteiger partial charge in [-0.05, 0) is 25.1 Å². The summed E-state index contributed by atoms with van der Waals surface area (Å²) >= 11 is 0. The van der Waals surface area contributed by atoms with Gasteiger partial charge in [0.25, 0.3) is 11.5 Å². The van der Waals surface area contributed by atoms with Crippen LogP contribution in [-0.4, -0.2) is 40.1 Å². The molecule has 0 saturated carbocycles. The van der Waals surface area contributed by atoms with Gasteiger partial charge in [-0.2, -0.15) is 10.2 Å². The number of carbonyl (C=O) groups is 1. The molecule has 0 atom stereocenters. The molecule has 0 aliphatic carbocycles. The average Bonchev–Trinajstić information content (AvgIpc) is 3.03. The maximum absolute atomic E-state index is 12.6. The molecule has 2 heterocycles. The number of carbonyl (C=O) groups excluding carboxylic acids is 1. The summed E-state index contributed by atoms with van der Waals surface area (Å²) in [7, 11) is 3.06. The zero-order valence-electron chi connectivity index (χ0n) is 14.4. The van der Waals surface area contributed by atoms with Crippen LogP contribution in [0.5, 0.6) is 11.5 Å². The number of ether oxygens (including phenoxy) is 2. The van der Waals surface area contributed by atoms with Crippen molar-refractivity contribution in [3.05, 3.63) is 58.1 Å². The van der Waals surface area contributed by atoms with Gasteiger partial charge in [0, 0.05) is 17.8 Å². The van der Waals surface area contributed by atoms with Crippen molar-refractivity contribution in [2.24, 2.45) is 0 Å². The second-order valence-electron chi connectivity index (χ2n) is 5.36. The van der Waals surface area contributed by atoms with E-state index in [0.29, 0.717) is 34.3 Å². The predicted octanol–water partition coefficient (Wildman–Crippen LogP) is 1.53. The Morgan fingerprint density at radius 3 is 2.58 bits per heavy atom. The van der Waals surface area contributed by atoms with E-state index in [0.717, 1.165) is 0 Å². The normalized spacial score (nSPS) is 10.4. The smallest absolute Gasteiger partial charge is 0.264 e. The van der Waals surface area contributed by atoms with E-state index in [-0.39, 0.29) is 11.5 Å². The minimum atomic E-state index is -0.328. The zero-order valence-corrected chi connectivity index (χ0v) is 14.4. The number of hydrogen-bond acceptors (Lipinski definition) is 6. The molecule has 134 valence electrons. The summed E-state index contributed by atoms with van der Waals surface area (Å²) in [6.07, 6.45) is 1.44. The van der Waals surface area contributed by atoms with Crippen molar-refractivity contribution >= 4 is 11.6 Å². The first-order valence-corrected chi connectivity index (χ1v) is 7.67. The van der Waals surface area contributed by atoms with E-state index in [9.17, 15) is 9.59 Å². The van der Waals surface area contributed by atoms with Crippen LogP contribution in [0.4, 0.5) is 5.69 Å². The van der Waals surface area contributed by atoms with Gasteiger partial charge >= 0.3 is 0 Å². The average molecular weight is 355 g/mol. The highest BCUT2D eigenvalue weighted by Gasteiger charge is 2.17. The molecule has 3 aromatic rings. The van der Waals surface area contributed by atoms with Crippen LogP contribution in [0.1, 0.15) is 16.1 Å². The molecule has 0 aliphatic heterocycles. The minimum Gasteiger partial charge on any atom is -0.493 e. The molecule has 0 unspecified atom stereocenters. The number of anilines is 1. The second-order valence-corrected chi connectivity index (χ2v) is 5.36. The summed E-state index contributed by atoms with van der Waals surface area (Å²) in [6.45, 7) is 1.74. The monoisotopic (exact) mass is 355 g/mol. The lowest BCUT2D eigenvalue weighted by molar-refractivity contribution is 0.102. The van der Waals surface area contributed by atoms with Crippen molar-refractivity contribution < 1.29 is 14.3 Å². The molecule has 3 rings (SSSR count). The van der Waals surface area contributed by atoms with Gasteiger partial charge in [-0.3, -0.25) is 9.59 Å². The van der Waals surface area contributed by atoms with Crippen LogP contribution in [0.3, 0.4) is 0 Å². The molecule has 26 heavy (non-hydrogen) atoms. The highest BCUT2D eigenvalue weighted by molar-refractivity contribution is 6.05. The molecule has 0 radical (unpaired) electrons. The molecule has 1 amide bonds. The highest BCUT2D eigenvalue weighted by Crippen LogP contribution is 2.30. The van der Waals surface area contributed by atoms with Gasteiger partial charge in [0.15, 0.2) is 17.3 Å². The Kier molecular flexibility index (Phi) is 4.70. The number of hydrogen-bond donors (Lipinski definition) is 2. The van der Waals surface area contributed by atoms with Crippen LogP contribution in [0.15, 0.2) is 41.3 Å². The van der Waals surface area contributed by atoms with E-state index in [2.05, 4.69) is 20.6 Å². The second kappa shape index (κ2) is 7.09. The third-order valence-corrected chi connectivity index (χ3v) is 3.78. The fraction of sp³-hybridized carbons (Fsp3) is 0.176. The standard InChI is InChI=1S/C17H17N5O4/c1-10-12(9-18-22(10)15-6-7-16(23)21-20-15)17(24)19-11-4-5-13(25-2)14(8-11)26-3/h4-9H,1-3H3,(H,19,24)(H,21,23). The summed E-state index contributed by atoms with van der Waals surface area (Å²) < 4.78 is 11.9. The van der Waals surface area contributed by atoms with Crippen LogP contribution >= 0.6 is 0 Å². The van der Waals surface area contributed by atoms with Crippen molar-refractivity contribution in [3.63, 3.8) is 0 Å². The van der Waals surface area contributed by atoms with Crippen LogP contribution < -0.4 is 20.3 Å². The Balaban J connectivity index is 1.85. The van der Waals surface area contributed by atoms with E-state index in [4.69, 9.17) is 9.47 Å². The number of rotatable bonds is 5. The first kappa shape index (κ1) is 17.2. The van der Waals surface area contributed by atoms with Gasteiger partial charge in [-0.15, -0.1) is 0 Å². The Morgan fingerprint density at radius 2 is 1.92 bits per heavy atom. The number of nitrogens with one attached hydrogen (secondary N) is 2. The number of amides is 1. The molecule has 9 nitrogen and oxygen atoms in total. The Hall–Kier alpha value is -3.62. The summed E-state index contributed by atoms with van der Waals surface area (Å²) in [5.74, 6) is 1.16. The summed E-state index contributed by atoms with van der Waals surface area (Å²) in [6, 6.07) is 7.94. The highest BCUT2D eigenvalue weighted by atomic mass is 16.5. The molecular weight excluding hydrogens is 338 g/mol. The summed E-state index contributed by atoms with van der Waals surface area (Å²) in [4.78, 5) is 23.7. The van der Waals surface area contributed by atoms with Gasteiger partial charge in [0.2, 0.25) is 0 Å². The molecule has 1 aromatic carbocycles.